The second kappa shape index (κ2) is 5.88. The van der Waals surface area contributed by atoms with Crippen molar-refractivity contribution < 1.29 is 4.42 Å². The Balaban J connectivity index is 1.80. The van der Waals surface area contributed by atoms with Crippen molar-refractivity contribution in [2.75, 3.05) is 19.6 Å². The SMILES string of the molecule is CC(N)C(c1ccco1)N1CC2CCCCN2CC1C. The standard InChI is InChI=1S/C16H27N3O/c1-12-10-18-8-4-3-6-14(18)11-19(12)16(13(2)17)15-7-5-9-20-15/h5,7,9,12-14,16H,3-4,6,8,10-11,17H2,1-2H3. The Morgan fingerprint density at radius 3 is 2.90 bits per heavy atom. The number of rotatable bonds is 3. The van der Waals surface area contributed by atoms with Crippen LogP contribution in [-0.4, -0.2) is 47.6 Å². The molecule has 2 saturated heterocycles. The summed E-state index contributed by atoms with van der Waals surface area (Å²) < 4.78 is 5.66. The van der Waals surface area contributed by atoms with Crippen molar-refractivity contribution in [3.05, 3.63) is 24.2 Å². The highest BCUT2D eigenvalue weighted by atomic mass is 16.3. The quantitative estimate of drug-likeness (QED) is 0.920. The molecule has 4 heteroatoms. The maximum atomic E-state index is 6.27. The third kappa shape index (κ3) is 2.65. The Morgan fingerprint density at radius 1 is 1.35 bits per heavy atom. The van der Waals surface area contributed by atoms with Crippen molar-refractivity contribution in [3.8, 4) is 0 Å². The Labute approximate surface area is 121 Å². The molecule has 0 bridgehead atoms. The highest BCUT2D eigenvalue weighted by Crippen LogP contribution is 2.32. The number of fused-ring (bicyclic) bond motifs is 1. The van der Waals surface area contributed by atoms with Gasteiger partial charge < -0.3 is 10.2 Å². The molecule has 2 aliphatic heterocycles. The van der Waals surface area contributed by atoms with Crippen LogP contribution in [0.1, 0.15) is 44.9 Å². The topological polar surface area (TPSA) is 45.6 Å². The van der Waals surface area contributed by atoms with E-state index in [-0.39, 0.29) is 12.1 Å². The van der Waals surface area contributed by atoms with E-state index >= 15 is 0 Å². The van der Waals surface area contributed by atoms with Crippen molar-refractivity contribution in [3.63, 3.8) is 0 Å². The smallest absolute Gasteiger partial charge is 0.122 e. The summed E-state index contributed by atoms with van der Waals surface area (Å²) in [5.74, 6) is 1.01. The normalized spacial score (nSPS) is 31.8. The molecule has 0 spiro atoms. The number of hydrogen-bond donors (Lipinski definition) is 1. The molecule has 4 nitrogen and oxygen atoms in total. The van der Waals surface area contributed by atoms with Crippen molar-refractivity contribution >= 4 is 0 Å². The predicted octanol–water partition coefficient (Wildman–Crippen LogP) is 2.23. The Kier molecular flexibility index (Phi) is 4.15. The summed E-state index contributed by atoms with van der Waals surface area (Å²) in [5.41, 5.74) is 6.27. The number of hydrogen-bond acceptors (Lipinski definition) is 4. The van der Waals surface area contributed by atoms with Gasteiger partial charge in [0.1, 0.15) is 5.76 Å². The van der Waals surface area contributed by atoms with E-state index in [0.29, 0.717) is 12.1 Å². The van der Waals surface area contributed by atoms with Crippen LogP contribution in [0, 0.1) is 0 Å². The van der Waals surface area contributed by atoms with E-state index in [1.807, 2.05) is 6.07 Å². The molecule has 1 aromatic rings. The predicted molar refractivity (Wildman–Crippen MR) is 80.5 cm³/mol. The van der Waals surface area contributed by atoms with Gasteiger partial charge in [0.15, 0.2) is 0 Å². The third-order valence-corrected chi connectivity index (χ3v) is 4.93. The minimum absolute atomic E-state index is 0.0822. The molecule has 1 aromatic heterocycles. The molecule has 4 unspecified atom stereocenters. The monoisotopic (exact) mass is 277 g/mol. The zero-order valence-corrected chi connectivity index (χ0v) is 12.7. The number of nitrogens with zero attached hydrogens (tertiary/aromatic N) is 2. The third-order valence-electron chi connectivity index (χ3n) is 4.93. The highest BCUT2D eigenvalue weighted by molar-refractivity contribution is 5.09. The van der Waals surface area contributed by atoms with Crippen LogP contribution in [0.15, 0.2) is 22.8 Å². The zero-order chi connectivity index (χ0) is 14.1. The van der Waals surface area contributed by atoms with Crippen LogP contribution in [-0.2, 0) is 0 Å². The zero-order valence-electron chi connectivity index (χ0n) is 12.7. The van der Waals surface area contributed by atoms with Gasteiger partial charge in [0.25, 0.3) is 0 Å². The van der Waals surface area contributed by atoms with Gasteiger partial charge in [0.05, 0.1) is 12.3 Å². The first-order valence-electron chi connectivity index (χ1n) is 7.95. The van der Waals surface area contributed by atoms with Gasteiger partial charge in [-0.2, -0.15) is 0 Å². The van der Waals surface area contributed by atoms with E-state index in [4.69, 9.17) is 10.2 Å². The van der Waals surface area contributed by atoms with Crippen molar-refractivity contribution in [2.45, 2.75) is 57.3 Å². The summed E-state index contributed by atoms with van der Waals surface area (Å²) in [6.45, 7) is 7.96. The lowest BCUT2D eigenvalue weighted by Crippen LogP contribution is -2.60. The highest BCUT2D eigenvalue weighted by Gasteiger charge is 2.38. The van der Waals surface area contributed by atoms with Crippen LogP contribution in [0.5, 0.6) is 0 Å². The molecule has 3 heterocycles. The van der Waals surface area contributed by atoms with Gasteiger partial charge in [-0.15, -0.1) is 0 Å². The second-order valence-corrected chi connectivity index (χ2v) is 6.51. The van der Waals surface area contributed by atoms with Crippen LogP contribution >= 0.6 is 0 Å². The van der Waals surface area contributed by atoms with Gasteiger partial charge in [-0.05, 0) is 45.4 Å². The molecule has 3 rings (SSSR count). The van der Waals surface area contributed by atoms with E-state index < -0.39 is 0 Å². The molecule has 0 aliphatic carbocycles. The lowest BCUT2D eigenvalue weighted by molar-refractivity contribution is -0.0180. The average Bonchev–Trinajstić information content (AvgIpc) is 2.93. The molecular weight excluding hydrogens is 250 g/mol. The van der Waals surface area contributed by atoms with Crippen molar-refractivity contribution in [2.24, 2.45) is 5.73 Å². The van der Waals surface area contributed by atoms with E-state index in [2.05, 4.69) is 29.7 Å². The lowest BCUT2D eigenvalue weighted by Gasteiger charge is -2.50. The van der Waals surface area contributed by atoms with E-state index in [1.54, 1.807) is 6.26 Å². The van der Waals surface area contributed by atoms with Gasteiger partial charge in [-0.25, -0.2) is 0 Å². The Morgan fingerprint density at radius 2 is 2.20 bits per heavy atom. The molecule has 0 aromatic carbocycles. The minimum Gasteiger partial charge on any atom is -0.468 e. The van der Waals surface area contributed by atoms with Gasteiger partial charge in [0.2, 0.25) is 0 Å². The van der Waals surface area contributed by atoms with E-state index in [1.165, 1.54) is 25.8 Å². The molecule has 0 radical (unpaired) electrons. The summed E-state index contributed by atoms with van der Waals surface area (Å²) >= 11 is 0. The minimum atomic E-state index is 0.0822. The summed E-state index contributed by atoms with van der Waals surface area (Å²) in [5, 5.41) is 0. The molecule has 112 valence electrons. The Bertz CT molecular complexity index is 417. The first-order valence-corrected chi connectivity index (χ1v) is 7.95. The molecular formula is C16H27N3O. The molecule has 2 aliphatic rings. The summed E-state index contributed by atoms with van der Waals surface area (Å²) in [7, 11) is 0. The van der Waals surface area contributed by atoms with Crippen LogP contribution in [0.3, 0.4) is 0 Å². The van der Waals surface area contributed by atoms with Crippen LogP contribution in [0.25, 0.3) is 0 Å². The molecule has 0 saturated carbocycles. The van der Waals surface area contributed by atoms with Crippen LogP contribution < -0.4 is 5.73 Å². The fourth-order valence-electron chi connectivity index (χ4n) is 3.95. The maximum Gasteiger partial charge on any atom is 0.122 e. The van der Waals surface area contributed by atoms with Crippen molar-refractivity contribution in [1.29, 1.82) is 0 Å². The average molecular weight is 277 g/mol. The van der Waals surface area contributed by atoms with Gasteiger partial charge in [-0.1, -0.05) is 6.42 Å². The van der Waals surface area contributed by atoms with E-state index in [9.17, 15) is 0 Å². The number of piperazine rings is 1. The Hall–Kier alpha value is -0.840. The van der Waals surface area contributed by atoms with Gasteiger partial charge in [0, 0.05) is 31.2 Å². The van der Waals surface area contributed by atoms with Crippen molar-refractivity contribution in [1.82, 2.24) is 9.80 Å². The first-order chi connectivity index (χ1) is 9.66. The fourth-order valence-corrected chi connectivity index (χ4v) is 3.95. The lowest BCUT2D eigenvalue weighted by atomic mass is 9.94. The summed E-state index contributed by atoms with van der Waals surface area (Å²) in [4.78, 5) is 5.24. The van der Waals surface area contributed by atoms with E-state index in [0.717, 1.165) is 18.8 Å². The molecule has 0 amide bonds. The summed E-state index contributed by atoms with van der Waals surface area (Å²) in [6, 6.07) is 5.55. The number of nitrogens with two attached hydrogens (primary N) is 1. The molecule has 2 N–H and O–H groups in total. The number of piperidine rings is 1. The number of furan rings is 1. The van der Waals surface area contributed by atoms with Crippen LogP contribution in [0.2, 0.25) is 0 Å². The molecule has 2 fully saturated rings. The van der Waals surface area contributed by atoms with Crippen LogP contribution in [0.4, 0.5) is 0 Å². The molecule has 20 heavy (non-hydrogen) atoms. The first kappa shape index (κ1) is 14.1. The van der Waals surface area contributed by atoms with Gasteiger partial charge in [-0.3, -0.25) is 9.80 Å². The second-order valence-electron chi connectivity index (χ2n) is 6.51. The van der Waals surface area contributed by atoms with Gasteiger partial charge >= 0.3 is 0 Å². The largest absolute Gasteiger partial charge is 0.468 e. The molecule has 4 atom stereocenters. The maximum absolute atomic E-state index is 6.27. The summed E-state index contributed by atoms with van der Waals surface area (Å²) in [6.07, 6.45) is 5.81. The fraction of sp³-hybridized carbons (Fsp3) is 0.750.